The molecule has 5 atom stereocenters. The number of fused-ring (bicyclic) bond motifs is 5. The van der Waals surface area contributed by atoms with E-state index < -0.39 is 79.1 Å². The van der Waals surface area contributed by atoms with Crippen LogP contribution in [0.4, 0.5) is 9.18 Å². The van der Waals surface area contributed by atoms with Crippen molar-refractivity contribution < 1.29 is 41.5 Å². The summed E-state index contributed by atoms with van der Waals surface area (Å²) in [6.07, 6.45) is 8.06. The van der Waals surface area contributed by atoms with E-state index in [1.54, 1.807) is 39.8 Å². The Balaban J connectivity index is 1.18. The second-order valence-electron chi connectivity index (χ2n) is 18.2. The van der Waals surface area contributed by atoms with E-state index in [9.17, 15) is 32.0 Å². The zero-order valence-corrected chi connectivity index (χ0v) is 34.8. The summed E-state index contributed by atoms with van der Waals surface area (Å²) in [6, 6.07) is 11.5. The van der Waals surface area contributed by atoms with Gasteiger partial charge in [0, 0.05) is 28.9 Å². The highest BCUT2D eigenvalue weighted by Gasteiger charge is 2.64. The van der Waals surface area contributed by atoms with Gasteiger partial charge in [0.15, 0.2) is 0 Å². The normalized spacial score (nSPS) is 28.4. The Hall–Kier alpha value is -5.05. The number of nitrogens with one attached hydrogen (secondary N) is 3. The maximum Gasteiger partial charge on any atom is 0.408 e. The molecule has 5 aliphatic rings. The highest BCUT2D eigenvalue weighted by molar-refractivity contribution is 7.91. The van der Waals surface area contributed by atoms with Gasteiger partial charge >= 0.3 is 6.09 Å². The number of carbonyl (C=O) groups is 4. The molecule has 4 amide bonds. The fraction of sp³-hybridized carbons (Fsp3) is 0.523. The van der Waals surface area contributed by atoms with Crippen LogP contribution in [-0.2, 0) is 35.6 Å². The van der Waals surface area contributed by atoms with Crippen LogP contribution in [0.3, 0.4) is 0 Å². The first-order chi connectivity index (χ1) is 27.9. The van der Waals surface area contributed by atoms with Crippen LogP contribution in [0.1, 0.15) is 97.5 Å². The first-order valence-electron chi connectivity index (χ1n) is 20.6. The van der Waals surface area contributed by atoms with Crippen molar-refractivity contribution in [1.29, 1.82) is 0 Å². The minimum Gasteiger partial charge on any atom is -0.483 e. The quantitative estimate of drug-likeness (QED) is 0.261. The number of halogens is 1. The van der Waals surface area contributed by atoms with Crippen LogP contribution in [0.2, 0.25) is 0 Å². The largest absolute Gasteiger partial charge is 0.483 e. The van der Waals surface area contributed by atoms with Crippen LogP contribution in [0.5, 0.6) is 5.75 Å². The lowest BCUT2D eigenvalue weighted by Crippen LogP contribution is -2.58. The van der Waals surface area contributed by atoms with E-state index in [2.05, 4.69) is 15.4 Å². The Labute approximate surface area is 343 Å². The Bertz CT molecular complexity index is 2360. The van der Waals surface area contributed by atoms with Gasteiger partial charge in [-0.1, -0.05) is 55.3 Å². The molecule has 0 unspecified atom stereocenters. The molecule has 314 valence electrons. The molecule has 1 aromatic heterocycles. The smallest absolute Gasteiger partial charge is 0.408 e. The number of sulfonamides is 1. The number of pyridine rings is 1. The van der Waals surface area contributed by atoms with Gasteiger partial charge in [0.05, 0.1) is 16.8 Å². The third-order valence-electron chi connectivity index (χ3n) is 12.5. The molecular formula is C44H52FN5O8S. The van der Waals surface area contributed by atoms with Gasteiger partial charge in [-0.2, -0.15) is 0 Å². The van der Waals surface area contributed by atoms with Crippen molar-refractivity contribution in [3.05, 3.63) is 72.1 Å². The van der Waals surface area contributed by atoms with Gasteiger partial charge < -0.3 is 25.0 Å². The number of aryl methyl sites for hydroxylation is 1. The summed E-state index contributed by atoms with van der Waals surface area (Å²) in [7, 11) is -4.03. The Morgan fingerprint density at radius 3 is 2.56 bits per heavy atom. The van der Waals surface area contributed by atoms with Crippen LogP contribution >= 0.6 is 0 Å². The molecule has 3 aliphatic heterocycles. The molecule has 3 aromatic rings. The molecule has 15 heteroatoms. The lowest BCUT2D eigenvalue weighted by molar-refractivity contribution is -0.141. The van der Waals surface area contributed by atoms with Gasteiger partial charge in [0.25, 0.3) is 5.91 Å². The molecule has 2 aliphatic carbocycles. The lowest BCUT2D eigenvalue weighted by Gasteiger charge is -2.37. The van der Waals surface area contributed by atoms with E-state index >= 15 is 0 Å². The zero-order valence-electron chi connectivity index (χ0n) is 33.9. The molecule has 1 saturated heterocycles. The first kappa shape index (κ1) is 40.7. The van der Waals surface area contributed by atoms with Crippen molar-refractivity contribution in [3.63, 3.8) is 0 Å². The molecule has 59 heavy (non-hydrogen) atoms. The average Bonchev–Trinajstić information content (AvgIpc) is 4.07. The summed E-state index contributed by atoms with van der Waals surface area (Å²) in [6.45, 7) is 6.73. The van der Waals surface area contributed by atoms with Crippen molar-refractivity contribution in [1.82, 2.24) is 25.2 Å². The fourth-order valence-electron chi connectivity index (χ4n) is 8.76. The summed E-state index contributed by atoms with van der Waals surface area (Å²) in [5.41, 5.74) is -0.999. The van der Waals surface area contributed by atoms with Crippen LogP contribution < -0.4 is 20.1 Å². The molecule has 3 fully saturated rings. The molecule has 3 N–H and O–H groups in total. The second kappa shape index (κ2) is 14.9. The standard InChI is InChI=1S/C44H52FN5O8S/c1-41(2,3)58-40(54)47-33-18-9-7-5-6-8-14-28-24-44(28,39(53)49-59(55,56)42(4)21-22-42)48-37(51)34-25-43(26-50(34)38(33)52)20-19-31-30-16-10-11-17-32(30)46-35(36(31)57-43)27-13-12-15-29(45)23-27/h8,10-17,23,28,33-34H,5-7,9,18-22,24-26H2,1-4H3,(H,47,54)(H,48,51)(H,49,53)/b14-8-/t28-,33+,34+,43-,44-/m1/s1. The fourth-order valence-corrected chi connectivity index (χ4v) is 10.1. The molecule has 4 heterocycles. The van der Waals surface area contributed by atoms with Gasteiger partial charge in [-0.25, -0.2) is 22.6 Å². The van der Waals surface area contributed by atoms with Crippen molar-refractivity contribution in [3.8, 4) is 17.0 Å². The van der Waals surface area contributed by atoms with E-state index in [1.165, 1.54) is 17.0 Å². The number of aromatic nitrogens is 1. The molecular weight excluding hydrogens is 778 g/mol. The van der Waals surface area contributed by atoms with Gasteiger partial charge in [0.1, 0.15) is 46.1 Å². The number of allylic oxidation sites excluding steroid dienone is 1. The number of carbonyl (C=O) groups excluding carboxylic acids is 4. The van der Waals surface area contributed by atoms with E-state index in [0.29, 0.717) is 61.0 Å². The van der Waals surface area contributed by atoms with E-state index in [1.807, 2.05) is 36.4 Å². The first-order valence-corrected chi connectivity index (χ1v) is 22.1. The Morgan fingerprint density at radius 1 is 1.03 bits per heavy atom. The van der Waals surface area contributed by atoms with Crippen LogP contribution in [-0.4, -0.2) is 82.2 Å². The number of benzene rings is 2. The van der Waals surface area contributed by atoms with Crippen LogP contribution in [0, 0.1) is 11.7 Å². The number of nitrogens with zero attached hydrogens (tertiary/aromatic N) is 2. The van der Waals surface area contributed by atoms with Gasteiger partial charge in [-0.15, -0.1) is 0 Å². The minimum atomic E-state index is -4.03. The Kier molecular flexibility index (Phi) is 10.3. The minimum absolute atomic E-state index is 0.0210. The monoisotopic (exact) mass is 829 g/mol. The summed E-state index contributed by atoms with van der Waals surface area (Å²) < 4.78 is 55.0. The molecule has 2 saturated carbocycles. The molecule has 13 nitrogen and oxygen atoms in total. The third kappa shape index (κ3) is 8.02. The highest BCUT2D eigenvalue weighted by atomic mass is 32.2. The van der Waals surface area contributed by atoms with E-state index in [0.717, 1.165) is 23.8 Å². The van der Waals surface area contributed by atoms with Crippen LogP contribution in [0.15, 0.2) is 60.7 Å². The predicted octanol–water partition coefficient (Wildman–Crippen LogP) is 5.99. The van der Waals surface area contributed by atoms with E-state index in [-0.39, 0.29) is 25.8 Å². The van der Waals surface area contributed by atoms with Gasteiger partial charge in [0.2, 0.25) is 21.8 Å². The maximum atomic E-state index is 14.9. The molecule has 1 spiro atoms. The topological polar surface area (TPSA) is 173 Å². The van der Waals surface area contributed by atoms with E-state index in [4.69, 9.17) is 14.5 Å². The number of para-hydroxylation sites is 1. The molecule has 0 radical (unpaired) electrons. The van der Waals surface area contributed by atoms with Crippen molar-refractivity contribution in [2.75, 3.05) is 6.54 Å². The number of hydrogen-bond acceptors (Lipinski definition) is 9. The van der Waals surface area contributed by atoms with Gasteiger partial charge in [-0.3, -0.25) is 19.1 Å². The number of hydrogen-bond donors (Lipinski definition) is 3. The number of amides is 4. The lowest BCUT2D eigenvalue weighted by atomic mass is 9.86. The predicted molar refractivity (Wildman–Crippen MR) is 218 cm³/mol. The second-order valence-corrected chi connectivity index (χ2v) is 20.4. The number of alkyl carbamates (subject to hydrolysis) is 1. The van der Waals surface area contributed by atoms with Crippen LogP contribution in [0.25, 0.3) is 22.2 Å². The van der Waals surface area contributed by atoms with Crippen molar-refractivity contribution in [2.24, 2.45) is 5.92 Å². The number of ether oxygens (including phenoxy) is 2. The summed E-state index contributed by atoms with van der Waals surface area (Å²) in [5, 5.41) is 6.59. The highest BCUT2D eigenvalue weighted by Crippen LogP contribution is 2.50. The van der Waals surface area contributed by atoms with Crippen molar-refractivity contribution >= 4 is 44.7 Å². The summed E-state index contributed by atoms with van der Waals surface area (Å²) in [4.78, 5) is 63.3. The molecule has 8 rings (SSSR count). The number of rotatable bonds is 5. The van der Waals surface area contributed by atoms with Gasteiger partial charge in [-0.05, 0) is 97.3 Å². The molecule has 0 bridgehead atoms. The third-order valence-corrected chi connectivity index (χ3v) is 14.7. The average molecular weight is 830 g/mol. The summed E-state index contributed by atoms with van der Waals surface area (Å²) >= 11 is 0. The summed E-state index contributed by atoms with van der Waals surface area (Å²) in [5.74, 6) is -2.44. The zero-order chi connectivity index (χ0) is 42.0. The maximum absolute atomic E-state index is 14.9. The SMILES string of the molecule is CC(C)(C)OC(=O)N[C@H]1CCCCC/C=C\[C@@H]2C[C@@]2(C(=O)NS(=O)(=O)C2(C)CC2)NC(=O)[C@@H]2C[C@]3(CCc4c(c(-c5cccc(F)c5)nc5ccccc45)O3)CN2C1=O. The Morgan fingerprint density at radius 2 is 1.81 bits per heavy atom. The van der Waals surface area contributed by atoms with Crippen molar-refractivity contribution in [2.45, 2.75) is 132 Å². The molecule has 2 aromatic carbocycles.